The molecule has 7 nitrogen and oxygen atoms in total. The Hall–Kier alpha value is -4.61. The number of aromatic carboxylic acids is 1. The van der Waals surface area contributed by atoms with Crippen LogP contribution in [0.4, 0.5) is 22.0 Å². The number of alkyl halides is 3. The fourth-order valence-electron chi connectivity index (χ4n) is 5.34. The average molecular weight is 585 g/mol. The van der Waals surface area contributed by atoms with E-state index in [1.165, 1.54) is 18.3 Å². The molecule has 4 aromatic rings. The standard InChI is InChI=1S/C30H25F5N4O3/c31-20-11-17(12-21(32)15-20)13-24(27-22(8-4-10-36-27)18-5-3-6-19(14-18)29(41)42)37-26(40)16-39-25-9-2-1-7-23(25)28(38-39)30(33,34)35/h3-6,8,10-12,14-15,24H,1-2,7,9,13,16H2,(H,37,40)(H,41,42)/t24-/m0/s1. The van der Waals surface area contributed by atoms with Crippen LogP contribution in [0.5, 0.6) is 0 Å². The van der Waals surface area contributed by atoms with Gasteiger partial charge in [0.15, 0.2) is 5.69 Å². The van der Waals surface area contributed by atoms with Crippen LogP contribution in [0.3, 0.4) is 0 Å². The van der Waals surface area contributed by atoms with Crippen LogP contribution in [0.2, 0.25) is 0 Å². The molecule has 1 amide bonds. The Morgan fingerprint density at radius 2 is 1.74 bits per heavy atom. The van der Waals surface area contributed by atoms with Crippen molar-refractivity contribution in [2.24, 2.45) is 0 Å². The van der Waals surface area contributed by atoms with Gasteiger partial charge in [-0.3, -0.25) is 14.5 Å². The Labute approximate surface area is 237 Å². The van der Waals surface area contributed by atoms with Crippen LogP contribution in [0.1, 0.15) is 57.5 Å². The number of carboxylic acid groups (broad SMARTS) is 1. The predicted molar refractivity (Wildman–Crippen MR) is 141 cm³/mol. The molecule has 0 bridgehead atoms. The average Bonchev–Trinajstić information content (AvgIpc) is 3.31. The van der Waals surface area contributed by atoms with E-state index in [-0.39, 0.29) is 35.2 Å². The number of rotatable bonds is 8. The van der Waals surface area contributed by atoms with Gasteiger partial charge in [0.05, 0.1) is 17.3 Å². The molecular formula is C30H25F5N4O3. The number of nitrogens with one attached hydrogen (secondary N) is 1. The maximum atomic E-state index is 14.1. The van der Waals surface area contributed by atoms with E-state index in [0.717, 1.165) is 16.8 Å². The van der Waals surface area contributed by atoms with Crippen LogP contribution in [-0.4, -0.2) is 31.7 Å². The van der Waals surface area contributed by atoms with Gasteiger partial charge in [-0.05, 0) is 73.6 Å². The molecule has 5 rings (SSSR count). The maximum Gasteiger partial charge on any atom is 0.435 e. The SMILES string of the molecule is O=C(Cn1nc(C(F)(F)F)c2c1CCCC2)N[C@@H](Cc1cc(F)cc(F)c1)c1ncccc1-c1cccc(C(=O)O)c1. The molecule has 2 N–H and O–H groups in total. The third kappa shape index (κ3) is 6.32. The van der Waals surface area contributed by atoms with E-state index in [0.29, 0.717) is 42.1 Å². The smallest absolute Gasteiger partial charge is 0.435 e. The summed E-state index contributed by atoms with van der Waals surface area (Å²) in [6.07, 6.45) is -1.52. The van der Waals surface area contributed by atoms with Crippen LogP contribution in [0.15, 0.2) is 60.8 Å². The molecule has 1 aliphatic carbocycles. The van der Waals surface area contributed by atoms with E-state index < -0.39 is 48.0 Å². The van der Waals surface area contributed by atoms with Gasteiger partial charge in [-0.25, -0.2) is 13.6 Å². The molecule has 0 radical (unpaired) electrons. The first-order valence-electron chi connectivity index (χ1n) is 13.2. The van der Waals surface area contributed by atoms with Gasteiger partial charge >= 0.3 is 12.1 Å². The summed E-state index contributed by atoms with van der Waals surface area (Å²) in [5.41, 5.74) is 0.870. The van der Waals surface area contributed by atoms with E-state index in [1.54, 1.807) is 24.3 Å². The number of halogens is 5. The lowest BCUT2D eigenvalue weighted by molar-refractivity contribution is -0.142. The second kappa shape index (κ2) is 11.7. The van der Waals surface area contributed by atoms with Crippen molar-refractivity contribution in [1.29, 1.82) is 0 Å². The third-order valence-corrected chi connectivity index (χ3v) is 7.11. The number of amides is 1. The number of aromatic nitrogens is 3. The third-order valence-electron chi connectivity index (χ3n) is 7.11. The number of pyridine rings is 1. The fourth-order valence-corrected chi connectivity index (χ4v) is 5.34. The Morgan fingerprint density at radius 1 is 1.00 bits per heavy atom. The minimum absolute atomic E-state index is 0.0130. The molecular weight excluding hydrogens is 559 g/mol. The van der Waals surface area contributed by atoms with Crippen LogP contribution in [0.25, 0.3) is 11.1 Å². The van der Waals surface area contributed by atoms with Crippen molar-refractivity contribution in [3.8, 4) is 11.1 Å². The number of hydrogen-bond donors (Lipinski definition) is 2. The molecule has 42 heavy (non-hydrogen) atoms. The Morgan fingerprint density at radius 3 is 2.45 bits per heavy atom. The van der Waals surface area contributed by atoms with Gasteiger partial charge in [0.25, 0.3) is 0 Å². The minimum atomic E-state index is -4.67. The highest BCUT2D eigenvalue weighted by molar-refractivity contribution is 5.89. The fraction of sp³-hybridized carbons (Fsp3) is 0.267. The summed E-state index contributed by atoms with van der Waals surface area (Å²) < 4.78 is 70.2. The molecule has 2 aromatic carbocycles. The highest BCUT2D eigenvalue weighted by atomic mass is 19.4. The summed E-state index contributed by atoms with van der Waals surface area (Å²) in [5, 5.41) is 16.0. The van der Waals surface area contributed by atoms with Gasteiger partial charge in [-0.2, -0.15) is 18.3 Å². The summed E-state index contributed by atoms with van der Waals surface area (Å²) in [5.74, 6) is -3.48. The molecule has 12 heteroatoms. The lowest BCUT2D eigenvalue weighted by Gasteiger charge is -2.22. The first-order chi connectivity index (χ1) is 20.0. The molecule has 1 aliphatic rings. The second-order valence-corrected chi connectivity index (χ2v) is 10.1. The van der Waals surface area contributed by atoms with Gasteiger partial charge in [-0.1, -0.05) is 18.2 Å². The van der Waals surface area contributed by atoms with Gasteiger partial charge in [0.1, 0.15) is 18.2 Å². The molecule has 0 aliphatic heterocycles. The molecule has 0 fully saturated rings. The number of carbonyl (C=O) groups is 2. The lowest BCUT2D eigenvalue weighted by atomic mass is 9.94. The van der Waals surface area contributed by atoms with E-state index in [4.69, 9.17) is 0 Å². The maximum absolute atomic E-state index is 14.1. The summed E-state index contributed by atoms with van der Waals surface area (Å²) in [7, 11) is 0. The number of carboxylic acids is 1. The predicted octanol–water partition coefficient (Wildman–Crippen LogP) is 5.92. The van der Waals surface area contributed by atoms with Crippen molar-refractivity contribution in [1.82, 2.24) is 20.1 Å². The summed E-state index contributed by atoms with van der Waals surface area (Å²) in [6.45, 7) is -0.511. The van der Waals surface area contributed by atoms with Gasteiger partial charge in [0.2, 0.25) is 5.91 Å². The molecule has 0 saturated carbocycles. The summed E-state index contributed by atoms with van der Waals surface area (Å²) >= 11 is 0. The number of nitrogens with zero attached hydrogens (tertiary/aromatic N) is 3. The van der Waals surface area contributed by atoms with E-state index in [2.05, 4.69) is 15.4 Å². The van der Waals surface area contributed by atoms with Gasteiger partial charge in [0, 0.05) is 29.1 Å². The number of fused-ring (bicyclic) bond motifs is 1. The van der Waals surface area contributed by atoms with Crippen molar-refractivity contribution in [3.63, 3.8) is 0 Å². The highest BCUT2D eigenvalue weighted by Crippen LogP contribution is 2.36. The van der Waals surface area contributed by atoms with Crippen molar-refractivity contribution in [2.45, 2.75) is 50.9 Å². The Balaban J connectivity index is 1.51. The van der Waals surface area contributed by atoms with Crippen molar-refractivity contribution >= 4 is 11.9 Å². The molecule has 0 unspecified atom stereocenters. The first-order valence-corrected chi connectivity index (χ1v) is 13.2. The Bertz CT molecular complexity index is 1630. The topological polar surface area (TPSA) is 97.1 Å². The lowest BCUT2D eigenvalue weighted by Crippen LogP contribution is -2.34. The number of hydrogen-bond acceptors (Lipinski definition) is 4. The molecule has 2 aromatic heterocycles. The van der Waals surface area contributed by atoms with E-state index in [9.17, 15) is 36.6 Å². The van der Waals surface area contributed by atoms with Crippen molar-refractivity contribution in [3.05, 3.63) is 106 Å². The Kier molecular flexibility index (Phi) is 8.06. The van der Waals surface area contributed by atoms with E-state index >= 15 is 0 Å². The summed E-state index contributed by atoms with van der Waals surface area (Å²) in [4.78, 5) is 29.3. The highest BCUT2D eigenvalue weighted by Gasteiger charge is 2.39. The zero-order valence-corrected chi connectivity index (χ0v) is 22.1. The minimum Gasteiger partial charge on any atom is -0.478 e. The summed E-state index contributed by atoms with van der Waals surface area (Å²) in [6, 6.07) is 11.2. The van der Waals surface area contributed by atoms with Crippen LogP contribution in [-0.2, 0) is 36.8 Å². The zero-order chi connectivity index (χ0) is 30.0. The van der Waals surface area contributed by atoms with Crippen LogP contribution < -0.4 is 5.32 Å². The second-order valence-electron chi connectivity index (χ2n) is 10.1. The van der Waals surface area contributed by atoms with Crippen LogP contribution in [0, 0.1) is 11.6 Å². The normalized spacial score (nSPS) is 13.8. The number of carbonyl (C=O) groups excluding carboxylic acids is 1. The molecule has 1 atom stereocenters. The monoisotopic (exact) mass is 584 g/mol. The molecule has 0 saturated heterocycles. The quantitative estimate of drug-likeness (QED) is 0.251. The molecule has 2 heterocycles. The van der Waals surface area contributed by atoms with E-state index in [1.807, 2.05) is 0 Å². The van der Waals surface area contributed by atoms with Crippen molar-refractivity contribution < 1.29 is 36.6 Å². The molecule has 218 valence electrons. The number of benzene rings is 2. The van der Waals surface area contributed by atoms with Crippen molar-refractivity contribution in [2.75, 3.05) is 0 Å². The largest absolute Gasteiger partial charge is 0.478 e. The zero-order valence-electron chi connectivity index (χ0n) is 22.1. The molecule has 0 spiro atoms. The van der Waals surface area contributed by atoms with Gasteiger partial charge < -0.3 is 10.4 Å². The van der Waals surface area contributed by atoms with Crippen LogP contribution >= 0.6 is 0 Å². The van der Waals surface area contributed by atoms with Gasteiger partial charge in [-0.15, -0.1) is 0 Å². The first kappa shape index (κ1) is 28.9.